The van der Waals surface area contributed by atoms with E-state index in [-0.39, 0.29) is 15.5 Å². The summed E-state index contributed by atoms with van der Waals surface area (Å²) < 4.78 is 92.2. The van der Waals surface area contributed by atoms with Crippen LogP contribution in [0.3, 0.4) is 0 Å². The lowest BCUT2D eigenvalue weighted by atomic mass is 9.88. The number of rotatable bonds is 3. The van der Waals surface area contributed by atoms with E-state index in [9.17, 15) is 26.3 Å². The second kappa shape index (κ2) is 5.89. The van der Waals surface area contributed by atoms with Crippen LogP contribution in [0.1, 0.15) is 36.9 Å². The molecule has 2 unspecified atom stereocenters. The molecule has 2 aromatic rings. The van der Waals surface area contributed by atoms with Crippen molar-refractivity contribution in [2.75, 3.05) is 7.11 Å². The van der Waals surface area contributed by atoms with Crippen molar-refractivity contribution in [1.29, 1.82) is 0 Å². The van der Waals surface area contributed by atoms with Gasteiger partial charge in [0.05, 0.1) is 23.8 Å². The van der Waals surface area contributed by atoms with Gasteiger partial charge in [0.25, 0.3) is 0 Å². The maximum Gasteiger partial charge on any atom is 0.373 e. The van der Waals surface area contributed by atoms with Gasteiger partial charge >= 0.3 is 17.8 Å². The molecule has 1 fully saturated rings. The van der Waals surface area contributed by atoms with Gasteiger partial charge in [0.2, 0.25) is 0 Å². The second-order valence-electron chi connectivity index (χ2n) is 6.47. The van der Waals surface area contributed by atoms with E-state index < -0.39 is 29.6 Å². The summed E-state index contributed by atoms with van der Waals surface area (Å²) in [5.41, 5.74) is 0.308. The van der Waals surface area contributed by atoms with E-state index in [0.717, 1.165) is 22.7 Å². The molecule has 0 N–H and O–H groups in total. The summed E-state index contributed by atoms with van der Waals surface area (Å²) in [5.74, 6) is -20.1. The number of hydrogen-bond acceptors (Lipinski definition) is 3. The van der Waals surface area contributed by atoms with E-state index in [0.29, 0.717) is 15.3 Å². The van der Waals surface area contributed by atoms with Gasteiger partial charge in [-0.2, -0.15) is 26.3 Å². The highest BCUT2D eigenvalue weighted by molar-refractivity contribution is 7.13. The van der Waals surface area contributed by atoms with Gasteiger partial charge in [-0.05, 0) is 38.5 Å². The molecule has 2 heterocycles. The third-order valence-corrected chi connectivity index (χ3v) is 7.01. The first-order valence-corrected chi connectivity index (χ1v) is 9.34. The molecule has 0 saturated heterocycles. The van der Waals surface area contributed by atoms with Gasteiger partial charge in [-0.15, -0.1) is 22.7 Å². The number of methoxy groups -OCH3 is 1. The molecule has 0 bridgehead atoms. The summed E-state index contributed by atoms with van der Waals surface area (Å²) in [6, 6.07) is 2.94. The van der Waals surface area contributed by atoms with Crippen molar-refractivity contribution >= 4 is 22.7 Å². The number of hydrogen-bond donors (Lipinski definition) is 0. The molecule has 3 rings (SSSR count). The molecule has 0 amide bonds. The van der Waals surface area contributed by atoms with Gasteiger partial charge in [-0.1, -0.05) is 0 Å². The van der Waals surface area contributed by atoms with Crippen LogP contribution in [0.15, 0.2) is 12.1 Å². The number of halogens is 6. The largest absolute Gasteiger partial charge is 0.496 e. The lowest BCUT2D eigenvalue weighted by Crippen LogP contribution is -2.48. The smallest absolute Gasteiger partial charge is 0.373 e. The van der Waals surface area contributed by atoms with Crippen molar-refractivity contribution in [3.63, 3.8) is 0 Å². The van der Waals surface area contributed by atoms with Crippen molar-refractivity contribution in [2.24, 2.45) is 0 Å². The zero-order valence-corrected chi connectivity index (χ0v) is 15.9. The summed E-state index contributed by atoms with van der Waals surface area (Å²) >= 11 is 1.64. The first-order chi connectivity index (χ1) is 11.9. The number of alkyl halides is 6. The van der Waals surface area contributed by atoms with Crippen LogP contribution in [0.25, 0.3) is 0 Å². The maximum atomic E-state index is 14.7. The van der Waals surface area contributed by atoms with Gasteiger partial charge in [0, 0.05) is 14.6 Å². The summed E-state index contributed by atoms with van der Waals surface area (Å²) in [5, 5.41) is 0. The molecule has 9 heteroatoms. The van der Waals surface area contributed by atoms with Crippen molar-refractivity contribution < 1.29 is 31.1 Å². The average molecular weight is 414 g/mol. The molecule has 26 heavy (non-hydrogen) atoms. The van der Waals surface area contributed by atoms with Crippen molar-refractivity contribution in [1.82, 2.24) is 0 Å². The minimum atomic E-state index is -5.47. The minimum absolute atomic E-state index is 0.0680. The highest BCUT2D eigenvalue weighted by Crippen LogP contribution is 2.70. The molecule has 0 radical (unpaired) electrons. The quantitative estimate of drug-likeness (QED) is 0.519. The van der Waals surface area contributed by atoms with E-state index in [4.69, 9.17) is 4.74 Å². The molecular formula is C17H16F6OS2. The van der Waals surface area contributed by atoms with Crippen LogP contribution in [0.2, 0.25) is 0 Å². The standard InChI is InChI=1S/C17H16F6OS2/c1-7-5-8(2)25-13(7)11-12(14-10(24-4)6-9(3)26-14)16(20,21)17(22,23)15(11,18)19/h5-6,11-12H,1-4H3. The number of aryl methyl sites for hydroxylation is 3. The Kier molecular flexibility index (Phi) is 4.42. The predicted molar refractivity (Wildman–Crippen MR) is 89.7 cm³/mol. The summed E-state index contributed by atoms with van der Waals surface area (Å²) in [6.45, 7) is 4.67. The molecule has 1 aliphatic carbocycles. The van der Waals surface area contributed by atoms with E-state index >= 15 is 0 Å². The number of thiophene rings is 2. The van der Waals surface area contributed by atoms with Crippen molar-refractivity contribution in [3.05, 3.63) is 37.2 Å². The normalized spacial score (nSPS) is 26.2. The van der Waals surface area contributed by atoms with Crippen LogP contribution < -0.4 is 4.74 Å². The molecule has 1 nitrogen and oxygen atoms in total. The molecular weight excluding hydrogens is 398 g/mol. The lowest BCUT2D eigenvalue weighted by molar-refractivity contribution is -0.274. The number of ether oxygens (including phenoxy) is 1. The first kappa shape index (κ1) is 19.5. The first-order valence-electron chi connectivity index (χ1n) is 7.71. The summed E-state index contributed by atoms with van der Waals surface area (Å²) in [6.07, 6.45) is 0. The summed E-state index contributed by atoms with van der Waals surface area (Å²) in [4.78, 5) is 0.702. The van der Waals surface area contributed by atoms with E-state index in [1.165, 1.54) is 20.1 Å². The Bertz CT molecular complexity index is 838. The Morgan fingerprint density at radius 2 is 1.27 bits per heavy atom. The SMILES string of the molecule is COc1cc(C)sc1C1C(c2sc(C)cc2C)C(F)(F)C(F)(F)C1(F)F. The van der Waals surface area contributed by atoms with Crippen LogP contribution in [-0.4, -0.2) is 24.9 Å². The zero-order valence-electron chi connectivity index (χ0n) is 14.3. The highest BCUT2D eigenvalue weighted by Gasteiger charge is 2.85. The molecule has 0 spiro atoms. The van der Waals surface area contributed by atoms with Crippen LogP contribution in [0, 0.1) is 20.8 Å². The fraction of sp³-hybridized carbons (Fsp3) is 0.529. The molecule has 1 aliphatic rings. The van der Waals surface area contributed by atoms with E-state index in [2.05, 4.69) is 0 Å². The maximum absolute atomic E-state index is 14.7. The van der Waals surface area contributed by atoms with Crippen LogP contribution >= 0.6 is 22.7 Å². The molecule has 2 aromatic heterocycles. The van der Waals surface area contributed by atoms with Gasteiger partial charge in [0.15, 0.2) is 0 Å². The Labute approximate surface area is 154 Å². The predicted octanol–water partition coefficient (Wildman–Crippen LogP) is 6.53. The third-order valence-electron chi connectivity index (χ3n) is 4.66. The Balaban J connectivity index is 2.31. The lowest BCUT2D eigenvalue weighted by Gasteiger charge is -2.24. The van der Waals surface area contributed by atoms with E-state index in [1.54, 1.807) is 19.9 Å². The van der Waals surface area contributed by atoms with Crippen LogP contribution in [-0.2, 0) is 0 Å². The topological polar surface area (TPSA) is 9.23 Å². The van der Waals surface area contributed by atoms with Gasteiger partial charge in [-0.3, -0.25) is 0 Å². The second-order valence-corrected chi connectivity index (χ2v) is 9.05. The fourth-order valence-corrected chi connectivity index (χ4v) is 5.90. The van der Waals surface area contributed by atoms with Crippen LogP contribution in [0.5, 0.6) is 5.75 Å². The minimum Gasteiger partial charge on any atom is -0.496 e. The molecule has 1 saturated carbocycles. The highest BCUT2D eigenvalue weighted by atomic mass is 32.1. The Morgan fingerprint density at radius 3 is 1.73 bits per heavy atom. The van der Waals surface area contributed by atoms with Gasteiger partial charge in [0.1, 0.15) is 5.75 Å². The van der Waals surface area contributed by atoms with E-state index in [1.807, 2.05) is 0 Å². The van der Waals surface area contributed by atoms with Crippen molar-refractivity contribution in [3.8, 4) is 5.75 Å². The Morgan fingerprint density at radius 1 is 0.808 bits per heavy atom. The third kappa shape index (κ3) is 2.42. The van der Waals surface area contributed by atoms with Gasteiger partial charge < -0.3 is 4.74 Å². The van der Waals surface area contributed by atoms with Crippen LogP contribution in [0.4, 0.5) is 26.3 Å². The zero-order chi connectivity index (χ0) is 19.7. The fourth-order valence-electron chi connectivity index (χ4n) is 3.52. The molecule has 2 atom stereocenters. The molecule has 0 aromatic carbocycles. The average Bonchev–Trinajstić information content (AvgIpc) is 3.07. The van der Waals surface area contributed by atoms with Crippen molar-refractivity contribution in [2.45, 2.75) is 50.4 Å². The molecule has 144 valence electrons. The summed E-state index contributed by atoms with van der Waals surface area (Å²) in [7, 11) is 1.20. The monoisotopic (exact) mass is 414 g/mol. The Hall–Kier alpha value is -1.22. The molecule has 0 aliphatic heterocycles. The van der Waals surface area contributed by atoms with Gasteiger partial charge in [-0.25, -0.2) is 0 Å².